The van der Waals surface area contributed by atoms with Crippen LogP contribution in [0.25, 0.3) is 0 Å². The van der Waals surface area contributed by atoms with Crippen molar-refractivity contribution < 1.29 is 19.1 Å². The molecule has 27 heavy (non-hydrogen) atoms. The highest BCUT2D eigenvalue weighted by Gasteiger charge is 2.31. The molecule has 6 heteroatoms. The van der Waals surface area contributed by atoms with E-state index in [4.69, 9.17) is 4.74 Å². The zero-order valence-electron chi connectivity index (χ0n) is 15.8. The lowest BCUT2D eigenvalue weighted by molar-refractivity contribution is -0.129. The predicted octanol–water partition coefficient (Wildman–Crippen LogP) is 3.28. The van der Waals surface area contributed by atoms with E-state index < -0.39 is 5.97 Å². The van der Waals surface area contributed by atoms with Crippen molar-refractivity contribution in [1.82, 2.24) is 5.32 Å². The van der Waals surface area contributed by atoms with E-state index in [1.165, 1.54) is 20.0 Å². The van der Waals surface area contributed by atoms with Gasteiger partial charge in [0.2, 0.25) is 11.8 Å². The van der Waals surface area contributed by atoms with Crippen molar-refractivity contribution in [3.63, 3.8) is 0 Å². The van der Waals surface area contributed by atoms with Gasteiger partial charge in [0.25, 0.3) is 0 Å². The summed E-state index contributed by atoms with van der Waals surface area (Å²) in [6.07, 6.45) is 7.41. The van der Waals surface area contributed by atoms with Crippen molar-refractivity contribution in [3.05, 3.63) is 29.8 Å². The van der Waals surface area contributed by atoms with Crippen LogP contribution in [0.4, 0.5) is 5.69 Å². The molecule has 1 aromatic rings. The highest BCUT2D eigenvalue weighted by atomic mass is 16.5. The molecule has 2 aliphatic rings. The third-order valence-corrected chi connectivity index (χ3v) is 5.76. The van der Waals surface area contributed by atoms with E-state index in [1.54, 1.807) is 24.3 Å². The number of anilines is 1. The van der Waals surface area contributed by atoms with Crippen LogP contribution in [0.1, 0.15) is 61.7 Å². The molecule has 2 N–H and O–H groups in total. The van der Waals surface area contributed by atoms with Crippen molar-refractivity contribution in [2.24, 2.45) is 11.8 Å². The molecule has 3 rings (SSSR count). The van der Waals surface area contributed by atoms with Gasteiger partial charge in [-0.3, -0.25) is 9.59 Å². The summed E-state index contributed by atoms with van der Waals surface area (Å²) in [7, 11) is 1.32. The minimum atomic E-state index is -0.474. The number of carbonyl (C=O) groups is 3. The summed E-state index contributed by atoms with van der Waals surface area (Å²) in [6.45, 7) is 0. The molecule has 0 aliphatic heterocycles. The highest BCUT2D eigenvalue weighted by Crippen LogP contribution is 2.31. The van der Waals surface area contributed by atoms with Crippen molar-refractivity contribution in [1.29, 1.82) is 0 Å². The number of ether oxygens (including phenoxy) is 1. The molecule has 0 radical (unpaired) electrons. The number of benzene rings is 1. The first-order valence-corrected chi connectivity index (χ1v) is 9.87. The van der Waals surface area contributed by atoms with Crippen LogP contribution in [-0.4, -0.2) is 30.9 Å². The predicted molar refractivity (Wildman–Crippen MR) is 102 cm³/mol. The van der Waals surface area contributed by atoms with Crippen LogP contribution in [-0.2, 0) is 14.3 Å². The number of nitrogens with one attached hydrogen (secondary N) is 2. The molecule has 2 amide bonds. The number of methoxy groups -OCH3 is 1. The quantitative estimate of drug-likeness (QED) is 0.777. The van der Waals surface area contributed by atoms with Crippen LogP contribution in [0.2, 0.25) is 0 Å². The average molecular weight is 372 g/mol. The Morgan fingerprint density at radius 1 is 0.889 bits per heavy atom. The normalized spacial score (nSPS) is 22.9. The molecular formula is C21H28N2O4. The fourth-order valence-electron chi connectivity index (χ4n) is 4.12. The molecule has 0 aromatic heterocycles. The van der Waals surface area contributed by atoms with Crippen LogP contribution in [0.3, 0.4) is 0 Å². The summed E-state index contributed by atoms with van der Waals surface area (Å²) in [4.78, 5) is 36.9. The van der Waals surface area contributed by atoms with E-state index in [9.17, 15) is 14.4 Å². The Hall–Kier alpha value is -2.37. The molecule has 0 atom stereocenters. The summed E-state index contributed by atoms with van der Waals surface area (Å²) >= 11 is 0. The molecule has 0 saturated heterocycles. The van der Waals surface area contributed by atoms with E-state index in [0.717, 1.165) is 25.7 Å². The van der Waals surface area contributed by atoms with E-state index in [-0.39, 0.29) is 23.7 Å². The van der Waals surface area contributed by atoms with E-state index in [2.05, 4.69) is 10.6 Å². The number of para-hydroxylation sites is 1. The Bertz CT molecular complexity index is 689. The summed E-state index contributed by atoms with van der Waals surface area (Å²) in [5.74, 6) is -0.542. The Morgan fingerprint density at radius 3 is 2.11 bits per heavy atom. The number of carbonyl (C=O) groups excluding carboxylic acids is 3. The van der Waals surface area contributed by atoms with Gasteiger partial charge in [-0.05, 0) is 50.7 Å². The maximum absolute atomic E-state index is 12.6. The maximum atomic E-state index is 12.6. The molecule has 146 valence electrons. The molecule has 0 spiro atoms. The van der Waals surface area contributed by atoms with Gasteiger partial charge in [-0.2, -0.15) is 0 Å². The minimum Gasteiger partial charge on any atom is -0.465 e. The lowest BCUT2D eigenvalue weighted by atomic mass is 9.81. The van der Waals surface area contributed by atoms with Gasteiger partial charge in [-0.1, -0.05) is 25.0 Å². The standard InChI is InChI=1S/C21H28N2O4/c1-27-21(26)17-8-4-5-9-18(17)23-20(25)15-12-10-14(11-13-15)19(24)22-16-6-2-3-7-16/h4-5,8-9,14-16H,2-3,6-7,10-13H2,1H3,(H,22,24)(H,23,25). The van der Waals surface area contributed by atoms with Gasteiger partial charge in [-0.15, -0.1) is 0 Å². The monoisotopic (exact) mass is 372 g/mol. The second-order valence-corrected chi connectivity index (χ2v) is 7.56. The van der Waals surface area contributed by atoms with Crippen LogP contribution >= 0.6 is 0 Å². The Balaban J connectivity index is 1.51. The van der Waals surface area contributed by atoms with E-state index >= 15 is 0 Å². The lowest BCUT2D eigenvalue weighted by Crippen LogP contribution is -2.39. The van der Waals surface area contributed by atoms with E-state index in [0.29, 0.717) is 30.1 Å². The first-order valence-electron chi connectivity index (χ1n) is 9.87. The minimum absolute atomic E-state index is 0.0111. The topological polar surface area (TPSA) is 84.5 Å². The van der Waals surface area contributed by atoms with Gasteiger partial charge in [0.15, 0.2) is 0 Å². The molecule has 2 fully saturated rings. The molecule has 0 heterocycles. The molecule has 0 bridgehead atoms. The SMILES string of the molecule is COC(=O)c1ccccc1NC(=O)C1CCC(C(=O)NC2CCCC2)CC1. The van der Waals surface area contributed by atoms with Crippen LogP contribution in [0, 0.1) is 11.8 Å². The van der Waals surface area contributed by atoms with Gasteiger partial charge in [-0.25, -0.2) is 4.79 Å². The number of hydrogen-bond acceptors (Lipinski definition) is 4. The zero-order valence-corrected chi connectivity index (χ0v) is 15.8. The van der Waals surface area contributed by atoms with Crippen LogP contribution < -0.4 is 10.6 Å². The number of esters is 1. The Labute approximate surface area is 160 Å². The second-order valence-electron chi connectivity index (χ2n) is 7.56. The van der Waals surface area contributed by atoms with Gasteiger partial charge in [0, 0.05) is 17.9 Å². The second kappa shape index (κ2) is 9.02. The summed E-state index contributed by atoms with van der Waals surface area (Å²) in [5.41, 5.74) is 0.813. The Morgan fingerprint density at radius 2 is 1.48 bits per heavy atom. The van der Waals surface area contributed by atoms with Crippen molar-refractivity contribution in [3.8, 4) is 0 Å². The van der Waals surface area contributed by atoms with Gasteiger partial charge < -0.3 is 15.4 Å². The van der Waals surface area contributed by atoms with Crippen molar-refractivity contribution >= 4 is 23.5 Å². The Kier molecular flexibility index (Phi) is 6.48. The lowest BCUT2D eigenvalue weighted by Gasteiger charge is -2.28. The number of rotatable bonds is 5. The molecule has 2 aliphatic carbocycles. The largest absolute Gasteiger partial charge is 0.465 e. The third-order valence-electron chi connectivity index (χ3n) is 5.76. The van der Waals surface area contributed by atoms with Crippen molar-refractivity contribution in [2.45, 2.75) is 57.4 Å². The number of hydrogen-bond donors (Lipinski definition) is 2. The maximum Gasteiger partial charge on any atom is 0.339 e. The third kappa shape index (κ3) is 4.87. The zero-order chi connectivity index (χ0) is 19.2. The van der Waals surface area contributed by atoms with Gasteiger partial charge in [0.05, 0.1) is 18.4 Å². The van der Waals surface area contributed by atoms with E-state index in [1.807, 2.05) is 0 Å². The van der Waals surface area contributed by atoms with Crippen LogP contribution in [0.5, 0.6) is 0 Å². The van der Waals surface area contributed by atoms with Crippen LogP contribution in [0.15, 0.2) is 24.3 Å². The van der Waals surface area contributed by atoms with Gasteiger partial charge in [0.1, 0.15) is 0 Å². The fraction of sp³-hybridized carbons (Fsp3) is 0.571. The molecule has 1 aromatic carbocycles. The highest BCUT2D eigenvalue weighted by molar-refractivity contribution is 6.01. The molecule has 0 unspecified atom stereocenters. The fourth-order valence-corrected chi connectivity index (χ4v) is 4.12. The molecule has 6 nitrogen and oxygen atoms in total. The van der Waals surface area contributed by atoms with Gasteiger partial charge >= 0.3 is 5.97 Å². The average Bonchev–Trinajstić information content (AvgIpc) is 3.21. The first-order chi connectivity index (χ1) is 13.1. The summed E-state index contributed by atoms with van der Waals surface area (Å²) < 4.78 is 4.76. The summed E-state index contributed by atoms with van der Waals surface area (Å²) in [5, 5.41) is 6.03. The number of amides is 2. The molecule has 2 saturated carbocycles. The molecular weight excluding hydrogens is 344 g/mol. The first kappa shape index (κ1) is 19.4. The smallest absolute Gasteiger partial charge is 0.339 e. The van der Waals surface area contributed by atoms with Crippen molar-refractivity contribution in [2.75, 3.05) is 12.4 Å². The summed E-state index contributed by atoms with van der Waals surface area (Å²) in [6, 6.07) is 7.17.